The average Bonchev–Trinajstić information content (AvgIpc) is 2.36. The topological polar surface area (TPSA) is 69.7 Å². The summed E-state index contributed by atoms with van der Waals surface area (Å²) in [5.41, 5.74) is 0.0995. The van der Waals surface area contributed by atoms with E-state index in [9.17, 15) is 14.4 Å². The highest BCUT2D eigenvalue weighted by molar-refractivity contribution is 5.94. The number of hydrogen-bond donors (Lipinski definition) is 0. The van der Waals surface area contributed by atoms with E-state index in [1.54, 1.807) is 0 Å². The number of esters is 2. The summed E-state index contributed by atoms with van der Waals surface area (Å²) in [5, 5.41) is 0. The summed E-state index contributed by atoms with van der Waals surface area (Å²) in [7, 11) is 0. The van der Waals surface area contributed by atoms with Gasteiger partial charge in [-0.3, -0.25) is 9.59 Å². The predicted molar refractivity (Wildman–Crippen MR) is 68.4 cm³/mol. The molecule has 0 N–H and O–H groups in total. The van der Waals surface area contributed by atoms with E-state index >= 15 is 0 Å². The first-order valence-electron chi connectivity index (χ1n) is 6.53. The zero-order valence-corrected chi connectivity index (χ0v) is 11.3. The molecule has 19 heavy (non-hydrogen) atoms. The van der Waals surface area contributed by atoms with Crippen molar-refractivity contribution in [2.24, 2.45) is 0 Å². The second kappa shape index (κ2) is 7.71. The Bertz CT molecular complexity index is 366. The Hall–Kier alpha value is -1.65. The lowest BCUT2D eigenvalue weighted by Crippen LogP contribution is -2.23. The molecule has 5 nitrogen and oxygen atoms in total. The minimum atomic E-state index is -0.654. The number of rotatable bonds is 6. The van der Waals surface area contributed by atoms with Crippen LogP contribution in [0.5, 0.6) is 0 Å². The van der Waals surface area contributed by atoms with Crippen LogP contribution in [0.25, 0.3) is 0 Å². The number of ketones is 1. The van der Waals surface area contributed by atoms with Crippen LogP contribution in [0.15, 0.2) is 12.2 Å². The van der Waals surface area contributed by atoms with Gasteiger partial charge in [0.05, 0.1) is 5.57 Å². The van der Waals surface area contributed by atoms with E-state index in [1.165, 1.54) is 13.3 Å². The second-order valence-corrected chi connectivity index (χ2v) is 4.81. The Morgan fingerprint density at radius 3 is 2.37 bits per heavy atom. The largest absolute Gasteiger partial charge is 0.460 e. The van der Waals surface area contributed by atoms with E-state index < -0.39 is 11.9 Å². The van der Waals surface area contributed by atoms with Gasteiger partial charge in [0.2, 0.25) is 0 Å². The lowest BCUT2D eigenvalue weighted by Gasteiger charge is -2.22. The third-order valence-electron chi connectivity index (χ3n) is 2.92. The predicted octanol–water partition coefficient (Wildman–Crippen LogP) is 1.94. The summed E-state index contributed by atoms with van der Waals surface area (Å²) >= 11 is 0. The van der Waals surface area contributed by atoms with Gasteiger partial charge in [-0.05, 0) is 32.6 Å². The first-order chi connectivity index (χ1) is 8.99. The zero-order chi connectivity index (χ0) is 14.3. The molecule has 0 aromatic rings. The fourth-order valence-corrected chi connectivity index (χ4v) is 1.90. The summed E-state index contributed by atoms with van der Waals surface area (Å²) in [4.78, 5) is 33.5. The fourth-order valence-electron chi connectivity index (χ4n) is 1.90. The average molecular weight is 268 g/mol. The van der Waals surface area contributed by atoms with Crippen LogP contribution < -0.4 is 0 Å². The van der Waals surface area contributed by atoms with Crippen LogP contribution in [-0.2, 0) is 23.9 Å². The Kier molecular flexibility index (Phi) is 6.25. The maximum absolute atomic E-state index is 11.7. The van der Waals surface area contributed by atoms with Gasteiger partial charge in [0.15, 0.2) is 0 Å². The van der Waals surface area contributed by atoms with Gasteiger partial charge in [-0.15, -0.1) is 0 Å². The summed E-state index contributed by atoms with van der Waals surface area (Å²) in [5.74, 6) is -1.46. The molecule has 1 aliphatic carbocycles. The van der Waals surface area contributed by atoms with Crippen LogP contribution in [0, 0.1) is 0 Å². The normalized spacial score (nSPS) is 15.6. The molecule has 106 valence electrons. The number of hydrogen-bond acceptors (Lipinski definition) is 5. The Morgan fingerprint density at radius 2 is 1.79 bits per heavy atom. The molecule has 1 fully saturated rings. The molecule has 1 rings (SSSR count). The van der Waals surface area contributed by atoms with E-state index in [4.69, 9.17) is 9.47 Å². The molecule has 0 aliphatic heterocycles. The van der Waals surface area contributed by atoms with E-state index in [1.807, 2.05) is 0 Å². The fraction of sp³-hybridized carbons (Fsp3) is 0.643. The van der Waals surface area contributed by atoms with Crippen molar-refractivity contribution in [1.82, 2.24) is 0 Å². The van der Waals surface area contributed by atoms with Crippen LogP contribution in [0.1, 0.15) is 45.4 Å². The minimum Gasteiger partial charge on any atom is -0.460 e. The van der Waals surface area contributed by atoms with Crippen molar-refractivity contribution in [2.75, 3.05) is 6.61 Å². The van der Waals surface area contributed by atoms with Crippen molar-refractivity contribution in [3.05, 3.63) is 12.2 Å². The standard InChI is InChI=1S/C14H20O5/c1-10(9-18-13(16)8-11(2)15)14(17)19-12-6-4-3-5-7-12/h12H,1,3-9H2,2H3. The number of ether oxygens (including phenoxy) is 2. The number of Topliss-reactive ketones (excluding diaryl/α,β-unsaturated/α-hetero) is 1. The lowest BCUT2D eigenvalue weighted by molar-refractivity contribution is -0.148. The van der Waals surface area contributed by atoms with Gasteiger partial charge in [0.1, 0.15) is 24.9 Å². The SMILES string of the molecule is C=C(COC(=O)CC(C)=O)C(=O)OC1CCCCC1. The lowest BCUT2D eigenvalue weighted by atomic mass is 9.98. The molecule has 0 atom stereocenters. The number of carbonyl (C=O) groups is 3. The first-order valence-corrected chi connectivity index (χ1v) is 6.53. The van der Waals surface area contributed by atoms with Crippen LogP contribution in [0.2, 0.25) is 0 Å². The zero-order valence-electron chi connectivity index (χ0n) is 11.3. The van der Waals surface area contributed by atoms with Crippen LogP contribution in [0.4, 0.5) is 0 Å². The van der Waals surface area contributed by atoms with Gasteiger partial charge in [-0.25, -0.2) is 4.79 Å². The monoisotopic (exact) mass is 268 g/mol. The molecule has 0 unspecified atom stereocenters. The Morgan fingerprint density at radius 1 is 1.16 bits per heavy atom. The highest BCUT2D eigenvalue weighted by atomic mass is 16.6. The van der Waals surface area contributed by atoms with Crippen molar-refractivity contribution in [3.63, 3.8) is 0 Å². The van der Waals surface area contributed by atoms with E-state index in [-0.39, 0.29) is 30.5 Å². The van der Waals surface area contributed by atoms with Gasteiger partial charge in [0, 0.05) is 0 Å². The molecule has 5 heteroatoms. The molecule has 0 aromatic heterocycles. The maximum Gasteiger partial charge on any atom is 0.337 e. The summed E-state index contributed by atoms with van der Waals surface area (Å²) in [6.45, 7) is 4.61. The van der Waals surface area contributed by atoms with Gasteiger partial charge in [0.25, 0.3) is 0 Å². The van der Waals surface area contributed by atoms with Gasteiger partial charge >= 0.3 is 11.9 Å². The highest BCUT2D eigenvalue weighted by Gasteiger charge is 2.20. The van der Waals surface area contributed by atoms with Crippen molar-refractivity contribution < 1.29 is 23.9 Å². The highest BCUT2D eigenvalue weighted by Crippen LogP contribution is 2.21. The van der Waals surface area contributed by atoms with E-state index in [0.717, 1.165) is 25.7 Å². The maximum atomic E-state index is 11.7. The summed E-state index contributed by atoms with van der Waals surface area (Å²) in [6.07, 6.45) is 4.73. The van der Waals surface area contributed by atoms with Crippen LogP contribution in [0.3, 0.4) is 0 Å². The molecule has 0 amide bonds. The van der Waals surface area contributed by atoms with Crippen molar-refractivity contribution in [2.45, 2.75) is 51.6 Å². The first kappa shape index (κ1) is 15.4. The third kappa shape index (κ3) is 6.18. The molecular formula is C14H20O5. The molecule has 0 spiro atoms. The van der Waals surface area contributed by atoms with E-state index in [0.29, 0.717) is 0 Å². The number of carbonyl (C=O) groups excluding carboxylic acids is 3. The smallest absolute Gasteiger partial charge is 0.337 e. The van der Waals surface area contributed by atoms with Crippen molar-refractivity contribution >= 4 is 17.7 Å². The van der Waals surface area contributed by atoms with Crippen LogP contribution >= 0.6 is 0 Å². The molecule has 0 saturated heterocycles. The summed E-state index contributed by atoms with van der Waals surface area (Å²) < 4.78 is 10.0. The van der Waals surface area contributed by atoms with Crippen molar-refractivity contribution in [1.29, 1.82) is 0 Å². The molecule has 1 aliphatic rings. The molecule has 0 bridgehead atoms. The quantitative estimate of drug-likeness (QED) is 0.418. The van der Waals surface area contributed by atoms with E-state index in [2.05, 4.69) is 6.58 Å². The second-order valence-electron chi connectivity index (χ2n) is 4.81. The molecule has 0 aromatic carbocycles. The molecule has 0 heterocycles. The molecular weight excluding hydrogens is 248 g/mol. The summed E-state index contributed by atoms with van der Waals surface area (Å²) in [6, 6.07) is 0. The minimum absolute atomic E-state index is 0.0501. The van der Waals surface area contributed by atoms with Gasteiger partial charge < -0.3 is 9.47 Å². The third-order valence-corrected chi connectivity index (χ3v) is 2.92. The Labute approximate surface area is 112 Å². The van der Waals surface area contributed by atoms with Crippen LogP contribution in [-0.4, -0.2) is 30.4 Å². The van der Waals surface area contributed by atoms with Gasteiger partial charge in [-0.2, -0.15) is 0 Å². The van der Waals surface area contributed by atoms with Crippen molar-refractivity contribution in [3.8, 4) is 0 Å². The molecule has 0 radical (unpaired) electrons. The molecule has 1 saturated carbocycles. The Balaban J connectivity index is 2.26. The van der Waals surface area contributed by atoms with Gasteiger partial charge in [-0.1, -0.05) is 13.0 Å².